The van der Waals surface area contributed by atoms with Crippen LogP contribution in [0.25, 0.3) is 0 Å². The Hall–Kier alpha value is -0.200. The second-order valence-electron chi connectivity index (χ2n) is 2.26. The van der Waals surface area contributed by atoms with E-state index in [0.717, 1.165) is 0 Å². The smallest absolute Gasteiger partial charge is 0.188 e. The molecule has 0 rings (SSSR count). The molecule has 3 atom stereocenters. The topological polar surface area (TPSA) is 98.0 Å². The van der Waals surface area contributed by atoms with Crippen molar-refractivity contribution in [3.8, 4) is 0 Å². The molecular weight excluding hydrogens is 188 g/mol. The summed E-state index contributed by atoms with van der Waals surface area (Å²) >= 11 is 5.36. The lowest BCUT2D eigenvalue weighted by Gasteiger charge is -2.18. The molecule has 0 fully saturated rings. The van der Waals surface area contributed by atoms with Crippen molar-refractivity contribution in [2.45, 2.75) is 17.6 Å². The van der Waals surface area contributed by atoms with Gasteiger partial charge in [-0.25, -0.2) is 0 Å². The second-order valence-corrected chi connectivity index (χ2v) is 2.77. The van der Waals surface area contributed by atoms with E-state index in [1.165, 1.54) is 0 Å². The highest BCUT2D eigenvalue weighted by Gasteiger charge is 2.29. The number of hydrogen-bond donors (Lipinski definition) is 4. The van der Waals surface area contributed by atoms with E-state index in [4.69, 9.17) is 32.0 Å². The van der Waals surface area contributed by atoms with E-state index in [2.05, 4.69) is 0 Å². The van der Waals surface area contributed by atoms with Crippen LogP contribution in [0.2, 0.25) is 0 Å². The number of alkyl halides is 1. The predicted octanol–water partition coefficient (Wildman–Crippen LogP) is -2.13. The molecule has 0 heterocycles. The number of carbonyl (C=O) groups is 1. The highest BCUT2D eigenvalue weighted by atomic mass is 35.5. The Morgan fingerprint density at radius 1 is 1.33 bits per heavy atom. The molecule has 0 saturated carbocycles. The number of Topliss-reactive ketones (excluding diaryl/α,β-unsaturated/α-hetero) is 1. The summed E-state index contributed by atoms with van der Waals surface area (Å²) in [4.78, 5) is 10.6. The van der Waals surface area contributed by atoms with Gasteiger partial charge in [-0.05, 0) is 0 Å². The molecule has 4 N–H and O–H groups in total. The molecule has 0 unspecified atom stereocenters. The Morgan fingerprint density at radius 2 is 1.83 bits per heavy atom. The van der Waals surface area contributed by atoms with Crippen molar-refractivity contribution >= 4 is 17.4 Å². The third-order valence-corrected chi connectivity index (χ3v) is 1.87. The van der Waals surface area contributed by atoms with E-state index < -0.39 is 36.6 Å². The average molecular weight is 199 g/mol. The minimum Gasteiger partial charge on any atom is -0.394 e. The third-order valence-electron chi connectivity index (χ3n) is 1.34. The van der Waals surface area contributed by atoms with Crippen LogP contribution in [0.1, 0.15) is 0 Å². The molecule has 0 aliphatic rings. The first kappa shape index (κ1) is 11.8. The summed E-state index contributed by atoms with van der Waals surface area (Å²) in [5.41, 5.74) is 0. The van der Waals surface area contributed by atoms with Gasteiger partial charge in [0.05, 0.1) is 18.1 Å². The predicted molar refractivity (Wildman–Crippen MR) is 40.8 cm³/mol. The van der Waals surface area contributed by atoms with Crippen molar-refractivity contribution in [3.63, 3.8) is 0 Å². The molecule has 0 spiro atoms. The Labute approximate surface area is 74.2 Å². The summed E-state index contributed by atoms with van der Waals surface area (Å²) in [6, 6.07) is 0. The first-order valence-electron chi connectivity index (χ1n) is 3.29. The van der Waals surface area contributed by atoms with Gasteiger partial charge in [-0.3, -0.25) is 4.79 Å². The van der Waals surface area contributed by atoms with Gasteiger partial charge in [0.25, 0.3) is 0 Å². The van der Waals surface area contributed by atoms with Crippen LogP contribution in [0, 0.1) is 0 Å². The van der Waals surface area contributed by atoms with Gasteiger partial charge in [0, 0.05) is 0 Å². The first-order valence-corrected chi connectivity index (χ1v) is 3.72. The fraction of sp³-hybridized carbons (Fsp3) is 0.833. The number of ketones is 1. The van der Waals surface area contributed by atoms with Crippen LogP contribution in [0.3, 0.4) is 0 Å². The number of carbonyl (C=O) groups excluding carboxylic acids is 1. The van der Waals surface area contributed by atoms with Gasteiger partial charge in [0.1, 0.15) is 12.7 Å². The second kappa shape index (κ2) is 5.45. The van der Waals surface area contributed by atoms with Gasteiger partial charge in [-0.2, -0.15) is 0 Å². The monoisotopic (exact) mass is 198 g/mol. The van der Waals surface area contributed by atoms with Crippen molar-refractivity contribution < 1.29 is 25.2 Å². The number of hydrogen-bond acceptors (Lipinski definition) is 5. The molecule has 12 heavy (non-hydrogen) atoms. The minimum absolute atomic E-state index is 0.649. The zero-order valence-corrected chi connectivity index (χ0v) is 6.98. The summed E-state index contributed by atoms with van der Waals surface area (Å²) in [5, 5.41) is 33.2. The van der Waals surface area contributed by atoms with Crippen LogP contribution in [0.15, 0.2) is 0 Å². The Morgan fingerprint density at radius 3 is 2.17 bits per heavy atom. The van der Waals surface area contributed by atoms with Gasteiger partial charge in [-0.1, -0.05) is 0 Å². The van der Waals surface area contributed by atoms with Crippen LogP contribution >= 0.6 is 11.6 Å². The summed E-state index contributed by atoms with van der Waals surface area (Å²) in [6.07, 6.45) is -3.03. The maximum absolute atomic E-state index is 10.6. The van der Waals surface area contributed by atoms with E-state index in [-0.39, 0.29) is 0 Å². The first-order chi connectivity index (χ1) is 5.54. The molecule has 0 radical (unpaired) electrons. The maximum Gasteiger partial charge on any atom is 0.188 e. The van der Waals surface area contributed by atoms with Gasteiger partial charge in [0.2, 0.25) is 0 Å². The molecule has 0 aromatic heterocycles. The number of aliphatic hydroxyl groups excluding tert-OH is 4. The molecule has 0 aliphatic heterocycles. The van der Waals surface area contributed by atoms with Gasteiger partial charge < -0.3 is 20.4 Å². The van der Waals surface area contributed by atoms with Crippen LogP contribution in [0.5, 0.6) is 0 Å². The molecular formula is C6H11ClO5. The molecule has 5 nitrogen and oxygen atoms in total. The van der Waals surface area contributed by atoms with Crippen LogP contribution in [-0.2, 0) is 4.79 Å². The van der Waals surface area contributed by atoms with Crippen molar-refractivity contribution in [1.29, 1.82) is 0 Å². The quantitative estimate of drug-likeness (QED) is 0.379. The van der Waals surface area contributed by atoms with Crippen LogP contribution in [0.4, 0.5) is 0 Å². The maximum atomic E-state index is 10.6. The zero-order valence-electron chi connectivity index (χ0n) is 6.22. The lowest BCUT2D eigenvalue weighted by atomic mass is 10.1. The summed E-state index contributed by atoms with van der Waals surface area (Å²) in [5.74, 6) is -0.887. The molecule has 0 bridgehead atoms. The van der Waals surface area contributed by atoms with Crippen LogP contribution < -0.4 is 0 Å². The molecule has 0 aromatic carbocycles. The lowest BCUT2D eigenvalue weighted by Crippen LogP contribution is -2.41. The number of rotatable bonds is 5. The van der Waals surface area contributed by atoms with Crippen molar-refractivity contribution in [2.24, 2.45) is 0 Å². The fourth-order valence-electron chi connectivity index (χ4n) is 0.582. The largest absolute Gasteiger partial charge is 0.394 e. The SMILES string of the molecule is O=C(CO)[C@H](O)[C@@H](Cl)[C@H](O)CO. The molecule has 0 aliphatic carbocycles. The third kappa shape index (κ3) is 3.04. The fourth-order valence-corrected chi connectivity index (χ4v) is 0.802. The van der Waals surface area contributed by atoms with Crippen molar-refractivity contribution in [3.05, 3.63) is 0 Å². The average Bonchev–Trinajstić information content (AvgIpc) is 2.12. The van der Waals surface area contributed by atoms with Gasteiger partial charge in [0.15, 0.2) is 5.78 Å². The number of halogens is 1. The normalized spacial score (nSPS) is 18.4. The zero-order chi connectivity index (χ0) is 9.72. The standard InChI is InChI=1S/C6H11ClO5/c7-5(3(10)1-8)6(12)4(11)2-9/h3,5-6,8-10,12H,1-2H2/t3-,5+,6+/m1/s1. The Bertz CT molecular complexity index is 151. The lowest BCUT2D eigenvalue weighted by molar-refractivity contribution is -0.131. The molecule has 6 heteroatoms. The number of aliphatic hydroxyl groups is 4. The summed E-state index contributed by atoms with van der Waals surface area (Å²) in [6.45, 7) is -1.49. The van der Waals surface area contributed by atoms with E-state index >= 15 is 0 Å². The van der Waals surface area contributed by atoms with E-state index in [9.17, 15) is 4.79 Å². The highest BCUT2D eigenvalue weighted by molar-refractivity contribution is 6.23. The van der Waals surface area contributed by atoms with E-state index in [0.29, 0.717) is 0 Å². The van der Waals surface area contributed by atoms with Gasteiger partial charge in [-0.15, -0.1) is 11.6 Å². The summed E-state index contributed by atoms with van der Waals surface area (Å²) < 4.78 is 0. The molecule has 0 aromatic rings. The van der Waals surface area contributed by atoms with Crippen molar-refractivity contribution in [2.75, 3.05) is 13.2 Å². The van der Waals surface area contributed by atoms with Crippen LogP contribution in [-0.4, -0.2) is 57.0 Å². The Balaban J connectivity index is 4.08. The Kier molecular flexibility index (Phi) is 5.36. The van der Waals surface area contributed by atoms with Gasteiger partial charge >= 0.3 is 0 Å². The molecule has 0 saturated heterocycles. The van der Waals surface area contributed by atoms with Crippen molar-refractivity contribution in [1.82, 2.24) is 0 Å². The summed E-state index contributed by atoms with van der Waals surface area (Å²) in [7, 11) is 0. The molecule has 72 valence electrons. The minimum atomic E-state index is -1.65. The van der Waals surface area contributed by atoms with E-state index in [1.54, 1.807) is 0 Å². The highest BCUT2D eigenvalue weighted by Crippen LogP contribution is 2.08. The van der Waals surface area contributed by atoms with E-state index in [1.807, 2.05) is 0 Å². The molecule has 0 amide bonds.